The van der Waals surface area contributed by atoms with Gasteiger partial charge in [0.2, 0.25) is 5.78 Å². The Morgan fingerprint density at radius 2 is 1.53 bits per heavy atom. The van der Waals surface area contributed by atoms with Crippen LogP contribution in [0.1, 0.15) is 0 Å². The number of tetrazole rings is 1. The zero-order chi connectivity index (χ0) is 22.0. The van der Waals surface area contributed by atoms with Gasteiger partial charge in [0.25, 0.3) is 0 Å². The average molecular weight is 621 g/mol. The van der Waals surface area contributed by atoms with Gasteiger partial charge in [0.15, 0.2) is 0 Å². The van der Waals surface area contributed by atoms with E-state index in [-0.39, 0.29) is 20.1 Å². The van der Waals surface area contributed by atoms with Crippen LogP contribution < -0.4 is 5.10 Å². The number of para-hydroxylation sites is 5. The fourth-order valence-electron chi connectivity index (χ4n) is 3.85. The summed E-state index contributed by atoms with van der Waals surface area (Å²) >= 11 is 0. The summed E-state index contributed by atoms with van der Waals surface area (Å²) in [6, 6.07) is 33.4. The van der Waals surface area contributed by atoms with E-state index < -0.39 is 0 Å². The smallest absolute Gasteiger partial charge is 0.218 e. The van der Waals surface area contributed by atoms with Gasteiger partial charge in [0.1, 0.15) is 0 Å². The first kappa shape index (κ1) is 21.6. The zero-order valence-corrected chi connectivity index (χ0v) is 20.0. The quantitative estimate of drug-likeness (QED) is 0.271. The third-order valence-corrected chi connectivity index (χ3v) is 5.25. The number of fused-ring (bicyclic) bond motifs is 5. The minimum absolute atomic E-state index is 0. The first-order valence-electron chi connectivity index (χ1n) is 10.3. The summed E-state index contributed by atoms with van der Waals surface area (Å²) in [7, 11) is 0. The van der Waals surface area contributed by atoms with Gasteiger partial charge in [-0.15, -0.1) is 6.07 Å². The third kappa shape index (κ3) is 3.77. The first-order valence-corrected chi connectivity index (χ1v) is 10.3. The van der Waals surface area contributed by atoms with Gasteiger partial charge < -0.3 is 9.67 Å². The van der Waals surface area contributed by atoms with Crippen LogP contribution in [0.5, 0.6) is 0 Å². The molecule has 4 aromatic heterocycles. The summed E-state index contributed by atoms with van der Waals surface area (Å²) in [5.41, 5.74) is 6.12. The van der Waals surface area contributed by atoms with Gasteiger partial charge in [0.05, 0.1) is 33.6 Å². The van der Waals surface area contributed by atoms with Crippen molar-refractivity contribution in [1.29, 1.82) is 0 Å². The van der Waals surface area contributed by atoms with Crippen LogP contribution in [0.25, 0.3) is 45.1 Å². The molecule has 9 heteroatoms. The Bertz CT molecular complexity index is 1660. The van der Waals surface area contributed by atoms with Crippen molar-refractivity contribution in [2.24, 2.45) is 0 Å². The zero-order valence-electron chi connectivity index (χ0n) is 17.6. The Balaban J connectivity index is 0.000000170. The number of imidazole rings is 2. The predicted octanol–water partition coefficient (Wildman–Crippen LogP) is 4.12. The van der Waals surface area contributed by atoms with Crippen molar-refractivity contribution >= 4 is 27.8 Å². The van der Waals surface area contributed by atoms with Crippen LogP contribution in [0.4, 0.5) is 0 Å². The van der Waals surface area contributed by atoms with Gasteiger partial charge in [-0.2, -0.15) is 29.5 Å². The summed E-state index contributed by atoms with van der Waals surface area (Å²) in [5.74, 6) is 1.38. The third-order valence-electron chi connectivity index (χ3n) is 5.25. The molecular weight excluding hydrogens is 605 g/mol. The monoisotopic (exact) mass is 621 g/mol. The predicted molar refractivity (Wildman–Crippen MR) is 125 cm³/mol. The molecule has 7 rings (SSSR count). The van der Waals surface area contributed by atoms with E-state index in [1.165, 1.54) is 0 Å². The second kappa shape index (κ2) is 9.35. The molecule has 0 aliphatic carbocycles. The molecule has 0 spiro atoms. The van der Waals surface area contributed by atoms with Crippen LogP contribution in [-0.4, -0.2) is 34.5 Å². The summed E-state index contributed by atoms with van der Waals surface area (Å²) in [6.07, 6.45) is 1.67. The van der Waals surface area contributed by atoms with E-state index in [0.717, 1.165) is 33.5 Å². The first-order chi connectivity index (χ1) is 16.4. The molecule has 0 fully saturated rings. The van der Waals surface area contributed by atoms with Gasteiger partial charge in [0, 0.05) is 26.3 Å². The van der Waals surface area contributed by atoms with Crippen LogP contribution >= 0.6 is 0 Å². The summed E-state index contributed by atoms with van der Waals surface area (Å²) < 4.78 is 4.38. The fraction of sp³-hybridized carbons (Fsp3) is 0. The number of hydrogen-bond acceptors (Lipinski definition) is 5. The van der Waals surface area contributed by atoms with Gasteiger partial charge >= 0.3 is 0 Å². The molecule has 0 saturated carbocycles. The van der Waals surface area contributed by atoms with Gasteiger partial charge in [-0.3, -0.25) is 19.7 Å². The fourth-order valence-corrected chi connectivity index (χ4v) is 3.85. The molecular formula is C25H16IrN8-2. The van der Waals surface area contributed by atoms with Crippen molar-refractivity contribution in [3.8, 4) is 17.2 Å². The molecule has 0 saturated heterocycles. The van der Waals surface area contributed by atoms with E-state index in [4.69, 9.17) is 4.98 Å². The normalized spacial score (nSPS) is 10.7. The van der Waals surface area contributed by atoms with Crippen LogP contribution in [0.15, 0.2) is 97.2 Å². The molecule has 167 valence electrons. The van der Waals surface area contributed by atoms with Gasteiger partial charge in [-0.25, -0.2) is 4.98 Å². The summed E-state index contributed by atoms with van der Waals surface area (Å²) in [5, 5.41) is 14.0. The SMILES string of the molecule is [Ir].[c-]1ccccc1-n1c2ccccc2n2c3ccccc3nc12.c1ccc(-c2nnn[n-]2)nc1. The second-order valence-corrected chi connectivity index (χ2v) is 7.23. The topological polar surface area (TPSA) is 87.9 Å². The van der Waals surface area contributed by atoms with E-state index in [9.17, 15) is 0 Å². The van der Waals surface area contributed by atoms with Crippen molar-refractivity contribution in [2.75, 3.05) is 0 Å². The molecule has 8 nitrogen and oxygen atoms in total. The van der Waals surface area contributed by atoms with Gasteiger partial charge in [-0.1, -0.05) is 36.0 Å². The standard InChI is InChI=1S/C19H12N3.C6H4N5.Ir/c1-2-8-14(9-3-1)21-17-12-6-7-13-18(17)22-16-11-5-4-10-15(16)20-19(21)22;1-2-4-7-5(3-1)6-8-10-11-9-6;/h1-8,10-13H;1-4H;/q2*-1;. The molecule has 0 aliphatic rings. The van der Waals surface area contributed by atoms with E-state index in [0.29, 0.717) is 11.5 Å². The Kier molecular flexibility index (Phi) is 5.95. The van der Waals surface area contributed by atoms with Crippen LogP contribution in [0.2, 0.25) is 0 Å². The molecule has 0 bridgehead atoms. The average Bonchev–Trinajstić information content (AvgIpc) is 3.61. The van der Waals surface area contributed by atoms with E-state index in [1.54, 1.807) is 12.3 Å². The van der Waals surface area contributed by atoms with Crippen LogP contribution in [0.3, 0.4) is 0 Å². The molecule has 34 heavy (non-hydrogen) atoms. The molecule has 0 amide bonds. The van der Waals surface area contributed by atoms with E-state index >= 15 is 0 Å². The van der Waals surface area contributed by atoms with Crippen molar-refractivity contribution in [3.05, 3.63) is 103 Å². The summed E-state index contributed by atoms with van der Waals surface area (Å²) in [4.78, 5) is 8.85. The summed E-state index contributed by atoms with van der Waals surface area (Å²) in [6.45, 7) is 0. The molecule has 0 unspecified atom stereocenters. The minimum atomic E-state index is 0. The van der Waals surface area contributed by atoms with Crippen LogP contribution in [0, 0.1) is 6.07 Å². The maximum absolute atomic E-state index is 4.83. The maximum Gasteiger partial charge on any atom is 0.218 e. The molecule has 0 N–H and O–H groups in total. The molecule has 7 aromatic rings. The molecule has 0 aliphatic heterocycles. The number of aromatic nitrogens is 8. The molecule has 0 atom stereocenters. The number of rotatable bonds is 2. The Morgan fingerprint density at radius 1 is 0.765 bits per heavy atom. The van der Waals surface area contributed by atoms with Crippen molar-refractivity contribution in [2.45, 2.75) is 0 Å². The number of hydrogen-bond donors (Lipinski definition) is 0. The Morgan fingerprint density at radius 3 is 2.26 bits per heavy atom. The number of benzene rings is 3. The maximum atomic E-state index is 4.83. The van der Waals surface area contributed by atoms with Crippen LogP contribution in [-0.2, 0) is 20.1 Å². The number of pyridine rings is 1. The van der Waals surface area contributed by atoms with E-state index in [1.807, 2.05) is 36.4 Å². The van der Waals surface area contributed by atoms with E-state index in [2.05, 4.69) is 89.2 Å². The van der Waals surface area contributed by atoms with Crippen molar-refractivity contribution in [1.82, 2.24) is 39.6 Å². The Labute approximate surface area is 207 Å². The molecule has 1 radical (unpaired) electrons. The minimum Gasteiger partial charge on any atom is -0.329 e. The molecule has 3 aromatic carbocycles. The molecule has 4 heterocycles. The number of nitrogens with zero attached hydrogens (tertiary/aromatic N) is 8. The second-order valence-electron chi connectivity index (χ2n) is 7.23. The van der Waals surface area contributed by atoms with Crippen molar-refractivity contribution < 1.29 is 20.1 Å². The van der Waals surface area contributed by atoms with Gasteiger partial charge in [-0.05, 0) is 36.4 Å². The largest absolute Gasteiger partial charge is 0.329 e. The Hall–Kier alpha value is -4.20. The van der Waals surface area contributed by atoms with Crippen molar-refractivity contribution in [3.63, 3.8) is 0 Å².